The number of fused-ring (bicyclic) bond motifs is 4. The number of benzene rings is 8. The number of ketones is 2. The van der Waals surface area contributed by atoms with Crippen LogP contribution in [0.3, 0.4) is 0 Å². The number of amides is 7. The number of Topliss-reactive ketones (excluding diaryl/α,β-unsaturated/α-hetero) is 2. The minimum atomic E-state index is -1.47. The van der Waals surface area contributed by atoms with Crippen molar-refractivity contribution in [2.45, 2.75) is 37.3 Å². The molecule has 8 aromatic rings. The van der Waals surface area contributed by atoms with Gasteiger partial charge in [-0.25, -0.2) is 24.0 Å². The SMILES string of the molecule is CC(C(=O)N1CCN(C(=O)N2c3ccccc3CC(=O)c3ccccc32)[C@H](C(=O)O)C1)(c1ccccc1)c1cccc(-c2cccc(N(C(=O)N3CCN(C(=O)N4c5ccccc5CC(=O)c5ccccc54)C[C@H]3C(=O)O)c3ccccc3)c2)c1. The molecule has 4 aliphatic rings. The van der Waals surface area contributed by atoms with Crippen molar-refractivity contribution in [3.05, 3.63) is 240 Å². The van der Waals surface area contributed by atoms with Crippen LogP contribution in [0.2, 0.25) is 0 Å². The van der Waals surface area contributed by atoms with Crippen LogP contribution in [-0.2, 0) is 32.6 Å². The zero-order chi connectivity index (χ0) is 59.1. The summed E-state index contributed by atoms with van der Waals surface area (Å²) in [6.07, 6.45) is 0.126. The molecule has 17 nitrogen and oxygen atoms in total. The van der Waals surface area contributed by atoms with E-state index in [2.05, 4.69) is 0 Å². The van der Waals surface area contributed by atoms with Crippen molar-refractivity contribution in [2.24, 2.45) is 0 Å². The van der Waals surface area contributed by atoms with Crippen molar-refractivity contribution in [3.8, 4) is 11.1 Å². The number of anilines is 6. The van der Waals surface area contributed by atoms with Gasteiger partial charge in [0.15, 0.2) is 11.6 Å². The Kier molecular flexibility index (Phi) is 14.6. The van der Waals surface area contributed by atoms with E-state index in [1.807, 2.05) is 66.7 Å². The standard InChI is InChI=1S/C68H57N7O10/c1-68(48-22-4-2-5-23-48,64(82)69-34-36-72(58(42-69)62(78)79)67(85)75-55-31-13-9-19-47(55)41-61(77)53-29-11-15-33-57(53)75)49-24-16-20-44(38-49)45-21-17-27-51(39-45)73(50-25-6-3-7-26-50)66(84)71-37-35-70(43-59(71)63(80)81)65(83)74-54-30-12-8-18-46(54)40-60(76)52-28-10-14-32-56(52)74/h2-33,38-39,58-59H,34-37,40-43H2,1H3,(H,78,79)(H,80,81)/t58-,59-,68?/m0/s1. The van der Waals surface area contributed by atoms with Gasteiger partial charge in [0.05, 0.1) is 52.6 Å². The number of carbonyl (C=O) groups is 8. The van der Waals surface area contributed by atoms with E-state index >= 15 is 9.59 Å². The number of para-hydroxylation sites is 5. The summed E-state index contributed by atoms with van der Waals surface area (Å²) in [7, 11) is 0. The van der Waals surface area contributed by atoms with Gasteiger partial charge in [-0.3, -0.25) is 29.1 Å². The Hall–Kier alpha value is -10.7. The minimum absolute atomic E-state index is 0.00428. The van der Waals surface area contributed by atoms with Crippen LogP contribution in [-0.4, -0.2) is 129 Å². The smallest absolute Gasteiger partial charge is 0.330 e. The maximum atomic E-state index is 15.5. The maximum absolute atomic E-state index is 15.5. The molecular weight excluding hydrogens is 1070 g/mol. The molecular formula is C68H57N7O10. The number of carboxylic acid groups (broad SMARTS) is 2. The average Bonchev–Trinajstić information content (AvgIpc) is 2.43. The maximum Gasteiger partial charge on any atom is 0.330 e. The Morgan fingerprint density at radius 1 is 0.447 bits per heavy atom. The summed E-state index contributed by atoms with van der Waals surface area (Å²) >= 11 is 0. The molecule has 1 unspecified atom stereocenters. The lowest BCUT2D eigenvalue weighted by molar-refractivity contribution is -0.148. The molecule has 2 saturated heterocycles. The van der Waals surface area contributed by atoms with Gasteiger partial charge in [0.25, 0.3) is 0 Å². The lowest BCUT2D eigenvalue weighted by Gasteiger charge is -2.44. The Labute approximate surface area is 489 Å². The van der Waals surface area contributed by atoms with E-state index in [9.17, 15) is 39.0 Å². The number of nitrogens with zero attached hydrogens (tertiary/aromatic N) is 7. The molecule has 3 atom stereocenters. The number of aliphatic carboxylic acids is 2. The van der Waals surface area contributed by atoms with Gasteiger partial charge >= 0.3 is 30.0 Å². The van der Waals surface area contributed by atoms with E-state index in [1.54, 1.807) is 146 Å². The van der Waals surface area contributed by atoms with Gasteiger partial charge < -0.3 is 29.8 Å². The van der Waals surface area contributed by atoms with Crippen LogP contribution in [0, 0.1) is 0 Å². The molecule has 17 heteroatoms. The first kappa shape index (κ1) is 54.9. The van der Waals surface area contributed by atoms with E-state index in [-0.39, 0.29) is 63.7 Å². The van der Waals surface area contributed by atoms with E-state index in [1.165, 1.54) is 34.3 Å². The Bertz CT molecular complexity index is 4010. The van der Waals surface area contributed by atoms with Crippen molar-refractivity contribution in [3.63, 3.8) is 0 Å². The highest BCUT2D eigenvalue weighted by molar-refractivity contribution is 6.14. The summed E-state index contributed by atoms with van der Waals surface area (Å²) < 4.78 is 0. The Morgan fingerprint density at radius 2 is 0.894 bits per heavy atom. The summed E-state index contributed by atoms with van der Waals surface area (Å²) in [6, 6.07) is 55.6. The third-order valence-electron chi connectivity index (χ3n) is 16.7. The van der Waals surface area contributed by atoms with E-state index in [0.717, 1.165) is 0 Å². The van der Waals surface area contributed by atoms with Crippen molar-refractivity contribution in [1.82, 2.24) is 19.6 Å². The molecule has 2 N–H and O–H groups in total. The van der Waals surface area contributed by atoms with Crippen LogP contribution >= 0.6 is 0 Å². The summed E-state index contributed by atoms with van der Waals surface area (Å²) in [6.45, 7) is 0.823. The average molecular weight is 1130 g/mol. The summed E-state index contributed by atoms with van der Waals surface area (Å²) in [5.41, 5.74) is 5.61. The predicted molar refractivity (Wildman–Crippen MR) is 320 cm³/mol. The molecule has 0 saturated carbocycles. The van der Waals surface area contributed by atoms with Gasteiger partial charge in [0, 0.05) is 50.1 Å². The topological polar surface area (TPSA) is 200 Å². The van der Waals surface area contributed by atoms with Gasteiger partial charge in [-0.05, 0) is 107 Å². The van der Waals surface area contributed by atoms with Crippen molar-refractivity contribution in [2.75, 3.05) is 54.0 Å². The van der Waals surface area contributed by atoms with Crippen molar-refractivity contribution < 1.29 is 48.6 Å². The van der Waals surface area contributed by atoms with E-state index in [4.69, 9.17) is 0 Å². The van der Waals surface area contributed by atoms with E-state index in [0.29, 0.717) is 78.6 Å². The fourth-order valence-electron chi connectivity index (χ4n) is 12.3. The van der Waals surface area contributed by atoms with Crippen molar-refractivity contribution >= 4 is 81.6 Å². The van der Waals surface area contributed by atoms with Crippen LogP contribution in [0.1, 0.15) is 49.9 Å². The largest absolute Gasteiger partial charge is 0.480 e. The second-order valence-corrected chi connectivity index (χ2v) is 21.6. The third kappa shape index (κ3) is 9.98. The van der Waals surface area contributed by atoms with Crippen LogP contribution in [0.25, 0.3) is 11.1 Å². The van der Waals surface area contributed by atoms with Gasteiger partial charge in [-0.1, -0.05) is 140 Å². The molecule has 0 aliphatic carbocycles. The highest BCUT2D eigenvalue weighted by atomic mass is 16.4. The van der Waals surface area contributed by atoms with Crippen LogP contribution in [0.5, 0.6) is 0 Å². The Balaban J connectivity index is 0.833. The molecule has 12 rings (SSSR count). The van der Waals surface area contributed by atoms with Gasteiger partial charge in [0.2, 0.25) is 5.91 Å². The molecule has 0 aromatic heterocycles. The van der Waals surface area contributed by atoms with Gasteiger partial charge in [-0.15, -0.1) is 0 Å². The Morgan fingerprint density at radius 3 is 1.49 bits per heavy atom. The van der Waals surface area contributed by atoms with E-state index < -0.39 is 53.4 Å². The highest BCUT2D eigenvalue weighted by Crippen LogP contribution is 2.42. The van der Waals surface area contributed by atoms with Crippen LogP contribution in [0.4, 0.5) is 48.5 Å². The minimum Gasteiger partial charge on any atom is -0.480 e. The van der Waals surface area contributed by atoms with Crippen LogP contribution < -0.4 is 14.7 Å². The number of hydrogen-bond donors (Lipinski definition) is 2. The first-order chi connectivity index (χ1) is 41.2. The number of hydrogen-bond acceptors (Lipinski definition) is 8. The molecule has 2 fully saturated rings. The number of urea groups is 3. The quantitative estimate of drug-likeness (QED) is 0.148. The predicted octanol–water partition coefficient (Wildman–Crippen LogP) is 11.0. The van der Waals surface area contributed by atoms with Crippen molar-refractivity contribution in [1.29, 1.82) is 0 Å². The summed E-state index contributed by atoms with van der Waals surface area (Å²) in [5.74, 6) is -3.35. The van der Waals surface area contributed by atoms with Gasteiger partial charge in [0.1, 0.15) is 12.1 Å². The third-order valence-corrected chi connectivity index (χ3v) is 16.7. The lowest BCUT2D eigenvalue weighted by atomic mass is 9.74. The zero-order valence-electron chi connectivity index (χ0n) is 46.2. The fourth-order valence-corrected chi connectivity index (χ4v) is 12.3. The second-order valence-electron chi connectivity index (χ2n) is 21.6. The lowest BCUT2D eigenvalue weighted by Crippen LogP contribution is -2.63. The first-order valence-corrected chi connectivity index (χ1v) is 28.0. The fraction of sp³-hybridized carbons (Fsp3) is 0.176. The first-order valence-electron chi connectivity index (χ1n) is 28.0. The molecule has 0 radical (unpaired) electrons. The number of rotatable bonds is 8. The molecule has 4 aliphatic heterocycles. The normalized spacial score (nSPS) is 17.2. The molecule has 0 bridgehead atoms. The monoisotopic (exact) mass is 1130 g/mol. The highest BCUT2D eigenvalue weighted by Gasteiger charge is 2.47. The molecule has 8 aromatic carbocycles. The molecule has 4 heterocycles. The number of piperazine rings is 2. The molecule has 424 valence electrons. The molecule has 0 spiro atoms. The summed E-state index contributed by atoms with van der Waals surface area (Å²) in [5, 5.41) is 21.8. The summed E-state index contributed by atoms with van der Waals surface area (Å²) in [4.78, 5) is 124. The van der Waals surface area contributed by atoms with Gasteiger partial charge in [-0.2, -0.15) is 0 Å². The number of carbonyl (C=O) groups excluding carboxylic acids is 6. The molecule has 7 amide bonds. The number of carboxylic acids is 2. The molecule has 85 heavy (non-hydrogen) atoms. The van der Waals surface area contributed by atoms with Crippen LogP contribution in [0.15, 0.2) is 206 Å². The zero-order valence-corrected chi connectivity index (χ0v) is 46.2. The second kappa shape index (κ2) is 22.6.